The summed E-state index contributed by atoms with van der Waals surface area (Å²) in [6.07, 6.45) is -0.538. The van der Waals surface area contributed by atoms with Crippen molar-refractivity contribution in [1.29, 1.82) is 0 Å². The number of alkyl halides is 3. The molecule has 1 nitrogen and oxygen atoms in total. The molecular weight excluding hydrogens is 143 g/mol. The van der Waals surface area contributed by atoms with E-state index in [1.165, 1.54) is 0 Å². The average molecular weight is 153 g/mol. The van der Waals surface area contributed by atoms with Gasteiger partial charge in [-0.05, 0) is 13.8 Å². The second kappa shape index (κ2) is 1.49. The Hall–Kier alpha value is -0.250. The number of halogens is 3. The summed E-state index contributed by atoms with van der Waals surface area (Å²) in [5.74, 6) is -3.01. The van der Waals surface area contributed by atoms with Gasteiger partial charge < -0.3 is 5.73 Å². The fraction of sp³-hybridized carbons (Fsp3) is 1.00. The SMILES string of the molecule is CC(C)(F)C1(N)CC1(F)F. The molecular formula is C6H10F3N. The summed E-state index contributed by atoms with van der Waals surface area (Å²) in [6.45, 7) is 2.15. The Labute approximate surface area is 57.4 Å². The van der Waals surface area contributed by atoms with E-state index in [1.807, 2.05) is 0 Å². The molecule has 1 unspecified atom stereocenters. The molecule has 1 saturated carbocycles. The fourth-order valence-corrected chi connectivity index (χ4v) is 0.951. The molecule has 10 heavy (non-hydrogen) atoms. The Morgan fingerprint density at radius 3 is 1.70 bits per heavy atom. The van der Waals surface area contributed by atoms with Crippen molar-refractivity contribution >= 4 is 0 Å². The van der Waals surface area contributed by atoms with E-state index < -0.39 is 23.6 Å². The van der Waals surface area contributed by atoms with E-state index in [0.717, 1.165) is 13.8 Å². The molecule has 1 fully saturated rings. The molecule has 0 bridgehead atoms. The molecule has 0 aromatic rings. The van der Waals surface area contributed by atoms with Gasteiger partial charge in [0.15, 0.2) is 0 Å². The first-order valence-electron chi connectivity index (χ1n) is 3.06. The molecule has 0 spiro atoms. The van der Waals surface area contributed by atoms with E-state index in [9.17, 15) is 13.2 Å². The topological polar surface area (TPSA) is 26.0 Å². The first kappa shape index (κ1) is 7.85. The van der Waals surface area contributed by atoms with E-state index in [2.05, 4.69) is 0 Å². The van der Waals surface area contributed by atoms with Crippen molar-refractivity contribution < 1.29 is 13.2 Å². The summed E-state index contributed by atoms with van der Waals surface area (Å²) in [5, 5.41) is 0. The maximum absolute atomic E-state index is 12.8. The average Bonchev–Trinajstić information content (AvgIpc) is 2.05. The van der Waals surface area contributed by atoms with Gasteiger partial charge in [0.1, 0.15) is 11.2 Å². The lowest BCUT2D eigenvalue weighted by Gasteiger charge is -2.22. The lowest BCUT2D eigenvalue weighted by molar-refractivity contribution is 0.0326. The van der Waals surface area contributed by atoms with Crippen LogP contribution in [-0.4, -0.2) is 17.1 Å². The molecule has 1 aliphatic carbocycles. The molecule has 60 valence electrons. The molecule has 1 atom stereocenters. The largest absolute Gasteiger partial charge is 0.317 e. The standard InChI is InChI=1S/C6H10F3N/c1-4(2,7)5(10)3-6(5,8)9/h3,10H2,1-2H3. The van der Waals surface area contributed by atoms with Crippen LogP contribution in [0.1, 0.15) is 20.3 Å². The summed E-state index contributed by atoms with van der Waals surface area (Å²) in [6, 6.07) is 0. The van der Waals surface area contributed by atoms with Gasteiger partial charge >= 0.3 is 0 Å². The van der Waals surface area contributed by atoms with Gasteiger partial charge in [0.25, 0.3) is 5.92 Å². The van der Waals surface area contributed by atoms with E-state index in [0.29, 0.717) is 0 Å². The summed E-state index contributed by atoms with van der Waals surface area (Å²) in [5.41, 5.74) is 1.17. The molecule has 0 amide bonds. The van der Waals surface area contributed by atoms with E-state index in [-0.39, 0.29) is 0 Å². The van der Waals surface area contributed by atoms with E-state index in [1.54, 1.807) is 0 Å². The third-order valence-corrected chi connectivity index (χ3v) is 2.09. The van der Waals surface area contributed by atoms with E-state index >= 15 is 0 Å². The Balaban J connectivity index is 2.78. The second-order valence-corrected chi connectivity index (χ2v) is 3.33. The molecule has 0 radical (unpaired) electrons. The number of nitrogens with two attached hydrogens (primary N) is 1. The molecule has 0 saturated heterocycles. The van der Waals surface area contributed by atoms with Crippen LogP contribution in [0.3, 0.4) is 0 Å². The van der Waals surface area contributed by atoms with Crippen molar-refractivity contribution in [3.63, 3.8) is 0 Å². The predicted molar refractivity (Wildman–Crippen MR) is 31.7 cm³/mol. The molecule has 1 aliphatic rings. The molecule has 2 N–H and O–H groups in total. The number of rotatable bonds is 1. The third kappa shape index (κ3) is 0.746. The zero-order valence-corrected chi connectivity index (χ0v) is 5.92. The zero-order valence-electron chi connectivity index (χ0n) is 5.92. The van der Waals surface area contributed by atoms with Crippen LogP contribution in [0, 0.1) is 0 Å². The Morgan fingerprint density at radius 2 is 1.70 bits per heavy atom. The van der Waals surface area contributed by atoms with Crippen LogP contribution < -0.4 is 5.73 Å². The first-order chi connectivity index (χ1) is 4.21. The van der Waals surface area contributed by atoms with Crippen LogP contribution in [-0.2, 0) is 0 Å². The lowest BCUT2D eigenvalue weighted by atomic mass is 9.99. The highest BCUT2D eigenvalue weighted by Gasteiger charge is 2.76. The van der Waals surface area contributed by atoms with Gasteiger partial charge in [0.2, 0.25) is 0 Å². The molecule has 1 rings (SSSR count). The third-order valence-electron chi connectivity index (χ3n) is 2.09. The normalized spacial score (nSPS) is 37.8. The van der Waals surface area contributed by atoms with Crippen LogP contribution in [0.25, 0.3) is 0 Å². The number of hydrogen-bond acceptors (Lipinski definition) is 1. The minimum absolute atomic E-state index is 0.538. The minimum Gasteiger partial charge on any atom is -0.317 e. The fourth-order valence-electron chi connectivity index (χ4n) is 0.951. The Bertz CT molecular complexity index is 161. The first-order valence-corrected chi connectivity index (χ1v) is 3.06. The van der Waals surface area contributed by atoms with Gasteiger partial charge in [0.05, 0.1) is 0 Å². The van der Waals surface area contributed by atoms with Crippen molar-refractivity contribution in [3.05, 3.63) is 0 Å². The van der Waals surface area contributed by atoms with E-state index in [4.69, 9.17) is 5.73 Å². The van der Waals surface area contributed by atoms with Crippen LogP contribution in [0.2, 0.25) is 0 Å². The molecule has 4 heteroatoms. The highest BCUT2D eigenvalue weighted by molar-refractivity contribution is 5.23. The summed E-state index contributed by atoms with van der Waals surface area (Å²) in [4.78, 5) is 0. The second-order valence-electron chi connectivity index (χ2n) is 3.33. The van der Waals surface area contributed by atoms with Gasteiger partial charge in [0, 0.05) is 6.42 Å². The minimum atomic E-state index is -3.01. The summed E-state index contributed by atoms with van der Waals surface area (Å²) < 4.78 is 37.5. The summed E-state index contributed by atoms with van der Waals surface area (Å²) in [7, 11) is 0. The molecule has 0 heterocycles. The zero-order chi connectivity index (χ0) is 8.21. The highest BCUT2D eigenvalue weighted by atomic mass is 19.3. The van der Waals surface area contributed by atoms with Gasteiger partial charge in [-0.2, -0.15) is 0 Å². The highest BCUT2D eigenvalue weighted by Crippen LogP contribution is 2.57. The maximum atomic E-state index is 12.8. The van der Waals surface area contributed by atoms with Gasteiger partial charge in [-0.1, -0.05) is 0 Å². The smallest absolute Gasteiger partial charge is 0.271 e. The molecule has 0 aromatic heterocycles. The van der Waals surface area contributed by atoms with Gasteiger partial charge in [-0.3, -0.25) is 0 Å². The van der Waals surface area contributed by atoms with Crippen LogP contribution in [0.4, 0.5) is 13.2 Å². The molecule has 0 aromatic carbocycles. The predicted octanol–water partition coefficient (Wildman–Crippen LogP) is 1.47. The summed E-state index contributed by atoms with van der Waals surface area (Å²) >= 11 is 0. The van der Waals surface area contributed by atoms with Crippen molar-refractivity contribution in [2.75, 3.05) is 0 Å². The van der Waals surface area contributed by atoms with Gasteiger partial charge in [-0.15, -0.1) is 0 Å². The quantitative estimate of drug-likeness (QED) is 0.606. The number of hydrogen-bond donors (Lipinski definition) is 1. The monoisotopic (exact) mass is 153 g/mol. The maximum Gasteiger partial charge on any atom is 0.271 e. The van der Waals surface area contributed by atoms with Crippen molar-refractivity contribution in [2.45, 2.75) is 37.4 Å². The van der Waals surface area contributed by atoms with Crippen molar-refractivity contribution in [1.82, 2.24) is 0 Å². The van der Waals surface area contributed by atoms with Gasteiger partial charge in [-0.25, -0.2) is 13.2 Å². The van der Waals surface area contributed by atoms with Crippen molar-refractivity contribution in [3.8, 4) is 0 Å². The van der Waals surface area contributed by atoms with Crippen molar-refractivity contribution in [2.24, 2.45) is 5.73 Å². The molecule has 0 aliphatic heterocycles. The lowest BCUT2D eigenvalue weighted by Crippen LogP contribution is -2.47. The Kier molecular flexibility index (Phi) is 1.17. The Morgan fingerprint density at radius 1 is 1.40 bits per heavy atom. The van der Waals surface area contributed by atoms with Crippen LogP contribution >= 0.6 is 0 Å². The van der Waals surface area contributed by atoms with Crippen LogP contribution in [0.15, 0.2) is 0 Å². The van der Waals surface area contributed by atoms with Crippen LogP contribution in [0.5, 0.6) is 0 Å².